The molecule has 0 unspecified atom stereocenters. The van der Waals surface area contributed by atoms with Gasteiger partial charge in [-0.05, 0) is 6.08 Å². The monoisotopic (exact) mass is 137 g/mol. The highest BCUT2D eigenvalue weighted by molar-refractivity contribution is 5.97. The van der Waals surface area contributed by atoms with Crippen molar-refractivity contribution in [3.8, 4) is 0 Å². The maximum atomic E-state index is 10.6. The molecule has 52 valence electrons. The molecule has 0 saturated carbocycles. The Balaban J connectivity index is 2.56. The van der Waals surface area contributed by atoms with Gasteiger partial charge in [0.15, 0.2) is 0 Å². The summed E-state index contributed by atoms with van der Waals surface area (Å²) in [6.07, 6.45) is 4.36. The summed E-state index contributed by atoms with van der Waals surface area (Å²) in [5, 5.41) is 2.45. The van der Waals surface area contributed by atoms with Crippen molar-refractivity contribution >= 4 is 11.9 Å². The Labute approximate surface area is 58.0 Å². The third-order valence-corrected chi connectivity index (χ3v) is 0.925. The Kier molecular flexibility index (Phi) is 1.84. The molecule has 1 heterocycles. The summed E-state index contributed by atoms with van der Waals surface area (Å²) in [7, 11) is 0. The maximum absolute atomic E-state index is 10.6. The van der Waals surface area contributed by atoms with E-state index in [0.29, 0.717) is 5.95 Å². The van der Waals surface area contributed by atoms with E-state index in [4.69, 9.17) is 0 Å². The van der Waals surface area contributed by atoms with Gasteiger partial charge in [0, 0.05) is 12.4 Å². The normalized spacial score (nSPS) is 8.80. The fourth-order valence-corrected chi connectivity index (χ4v) is 0.501. The third kappa shape index (κ3) is 1.45. The van der Waals surface area contributed by atoms with Crippen molar-refractivity contribution < 1.29 is 4.79 Å². The lowest BCUT2D eigenvalue weighted by atomic mass is 10.6. The molecule has 0 bridgehead atoms. The Hall–Kier alpha value is -1.58. The molecular weight excluding hydrogens is 130 g/mol. The first kappa shape index (κ1) is 6.54. The van der Waals surface area contributed by atoms with Crippen LogP contribution in [-0.2, 0) is 4.79 Å². The highest BCUT2D eigenvalue weighted by Gasteiger charge is 1.95. The van der Waals surface area contributed by atoms with Gasteiger partial charge in [0.1, 0.15) is 0 Å². The molecular formula is C6H7N3O. The standard InChI is InChI=1S/C6H7N3O/c1-2-5(10)9-6-7-3-4-8-6/h2-4H,1H2,(H2,7,8,9,10). The summed E-state index contributed by atoms with van der Waals surface area (Å²) >= 11 is 0. The van der Waals surface area contributed by atoms with E-state index in [1.807, 2.05) is 0 Å². The Morgan fingerprint density at radius 1 is 1.90 bits per heavy atom. The van der Waals surface area contributed by atoms with E-state index >= 15 is 0 Å². The van der Waals surface area contributed by atoms with E-state index in [-0.39, 0.29) is 5.91 Å². The van der Waals surface area contributed by atoms with Gasteiger partial charge in [-0.1, -0.05) is 6.58 Å². The zero-order valence-corrected chi connectivity index (χ0v) is 5.29. The molecule has 4 heteroatoms. The van der Waals surface area contributed by atoms with Crippen LogP contribution in [0.5, 0.6) is 0 Å². The molecule has 0 saturated heterocycles. The summed E-state index contributed by atoms with van der Waals surface area (Å²) in [4.78, 5) is 17.1. The second kappa shape index (κ2) is 2.82. The van der Waals surface area contributed by atoms with Crippen LogP contribution < -0.4 is 5.32 Å². The predicted octanol–water partition coefficient (Wildman–Crippen LogP) is 0.534. The van der Waals surface area contributed by atoms with Crippen LogP contribution in [0.3, 0.4) is 0 Å². The lowest BCUT2D eigenvalue weighted by molar-refractivity contribution is -0.111. The van der Waals surface area contributed by atoms with Gasteiger partial charge in [-0.3, -0.25) is 10.1 Å². The lowest BCUT2D eigenvalue weighted by Crippen LogP contribution is -2.08. The first-order valence-electron chi connectivity index (χ1n) is 2.75. The van der Waals surface area contributed by atoms with Crippen molar-refractivity contribution in [1.29, 1.82) is 0 Å². The van der Waals surface area contributed by atoms with Crippen LogP contribution in [0, 0.1) is 0 Å². The van der Waals surface area contributed by atoms with Crippen LogP contribution in [-0.4, -0.2) is 15.9 Å². The first-order valence-corrected chi connectivity index (χ1v) is 2.75. The van der Waals surface area contributed by atoms with Crippen LogP contribution in [0.25, 0.3) is 0 Å². The predicted molar refractivity (Wildman–Crippen MR) is 37.4 cm³/mol. The van der Waals surface area contributed by atoms with Crippen molar-refractivity contribution in [3.63, 3.8) is 0 Å². The molecule has 0 radical (unpaired) electrons. The number of H-pyrrole nitrogens is 1. The van der Waals surface area contributed by atoms with Crippen LogP contribution in [0.15, 0.2) is 25.0 Å². The van der Waals surface area contributed by atoms with Gasteiger partial charge in [-0.15, -0.1) is 0 Å². The van der Waals surface area contributed by atoms with Gasteiger partial charge < -0.3 is 4.98 Å². The average molecular weight is 137 g/mol. The Bertz CT molecular complexity index is 227. The molecule has 2 N–H and O–H groups in total. The summed E-state index contributed by atoms with van der Waals surface area (Å²) in [6.45, 7) is 3.29. The largest absolute Gasteiger partial charge is 0.331 e. The van der Waals surface area contributed by atoms with Crippen molar-refractivity contribution in [3.05, 3.63) is 25.0 Å². The lowest BCUT2D eigenvalue weighted by Gasteiger charge is -1.92. The summed E-state index contributed by atoms with van der Waals surface area (Å²) < 4.78 is 0. The fourth-order valence-electron chi connectivity index (χ4n) is 0.501. The highest BCUT2D eigenvalue weighted by Crippen LogP contribution is 1.93. The molecule has 0 aromatic carbocycles. The number of nitrogens with one attached hydrogen (secondary N) is 2. The van der Waals surface area contributed by atoms with Crippen LogP contribution in [0.1, 0.15) is 0 Å². The van der Waals surface area contributed by atoms with E-state index in [0.717, 1.165) is 0 Å². The number of hydrogen-bond acceptors (Lipinski definition) is 2. The second-order valence-electron chi connectivity index (χ2n) is 1.63. The second-order valence-corrected chi connectivity index (χ2v) is 1.63. The number of aromatic amines is 1. The van der Waals surface area contributed by atoms with Gasteiger partial charge >= 0.3 is 0 Å². The van der Waals surface area contributed by atoms with E-state index in [9.17, 15) is 4.79 Å². The number of aromatic nitrogens is 2. The Morgan fingerprint density at radius 3 is 3.20 bits per heavy atom. The van der Waals surface area contributed by atoms with Crippen LogP contribution >= 0.6 is 0 Å². The highest BCUT2D eigenvalue weighted by atomic mass is 16.1. The molecule has 1 amide bonds. The van der Waals surface area contributed by atoms with E-state index in [1.54, 1.807) is 12.4 Å². The number of hydrogen-bond donors (Lipinski definition) is 2. The summed E-state index contributed by atoms with van der Waals surface area (Å²) in [6, 6.07) is 0. The topological polar surface area (TPSA) is 57.8 Å². The van der Waals surface area contributed by atoms with Gasteiger partial charge in [0.05, 0.1) is 0 Å². The average Bonchev–Trinajstić information content (AvgIpc) is 2.40. The smallest absolute Gasteiger partial charge is 0.250 e. The molecule has 0 aliphatic heterocycles. The SMILES string of the molecule is C=CC(=O)Nc1ncc[nH]1. The van der Waals surface area contributed by atoms with Gasteiger partial charge in [0.25, 0.3) is 0 Å². The van der Waals surface area contributed by atoms with Crippen molar-refractivity contribution in [2.24, 2.45) is 0 Å². The van der Waals surface area contributed by atoms with Crippen molar-refractivity contribution in [2.75, 3.05) is 5.32 Å². The Morgan fingerprint density at radius 2 is 2.70 bits per heavy atom. The number of rotatable bonds is 2. The minimum atomic E-state index is -0.269. The number of amides is 1. The van der Waals surface area contributed by atoms with Crippen LogP contribution in [0.2, 0.25) is 0 Å². The quantitative estimate of drug-likeness (QED) is 0.584. The molecule has 4 nitrogen and oxygen atoms in total. The summed E-state index contributed by atoms with van der Waals surface area (Å²) in [5.41, 5.74) is 0. The number of carbonyl (C=O) groups excluding carboxylic acids is 1. The van der Waals surface area contributed by atoms with Crippen molar-refractivity contribution in [1.82, 2.24) is 9.97 Å². The molecule has 1 aromatic heterocycles. The number of imidazole rings is 1. The zero-order valence-electron chi connectivity index (χ0n) is 5.29. The minimum Gasteiger partial charge on any atom is -0.331 e. The summed E-state index contributed by atoms with van der Waals surface area (Å²) in [5.74, 6) is 0.167. The van der Waals surface area contributed by atoms with Crippen LogP contribution in [0.4, 0.5) is 5.95 Å². The van der Waals surface area contributed by atoms with Gasteiger partial charge in [0.2, 0.25) is 11.9 Å². The number of carbonyl (C=O) groups is 1. The third-order valence-electron chi connectivity index (χ3n) is 0.925. The number of nitrogens with zero attached hydrogens (tertiary/aromatic N) is 1. The molecule has 10 heavy (non-hydrogen) atoms. The molecule has 0 fully saturated rings. The molecule has 1 rings (SSSR count). The first-order chi connectivity index (χ1) is 4.83. The zero-order chi connectivity index (χ0) is 7.40. The molecule has 0 aliphatic carbocycles. The van der Waals surface area contributed by atoms with Gasteiger partial charge in [-0.2, -0.15) is 0 Å². The molecule has 0 aliphatic rings. The van der Waals surface area contributed by atoms with Gasteiger partial charge in [-0.25, -0.2) is 4.98 Å². The van der Waals surface area contributed by atoms with E-state index < -0.39 is 0 Å². The minimum absolute atomic E-state index is 0.269. The molecule has 1 aromatic rings. The molecule has 0 spiro atoms. The number of anilines is 1. The van der Waals surface area contributed by atoms with E-state index in [1.165, 1.54) is 6.08 Å². The van der Waals surface area contributed by atoms with Crippen molar-refractivity contribution in [2.45, 2.75) is 0 Å². The van der Waals surface area contributed by atoms with E-state index in [2.05, 4.69) is 21.9 Å². The molecule has 0 atom stereocenters. The maximum Gasteiger partial charge on any atom is 0.250 e. The fraction of sp³-hybridized carbons (Fsp3) is 0.